The Bertz CT molecular complexity index is 1050. The van der Waals surface area contributed by atoms with Crippen LogP contribution in [0.15, 0.2) is 59.5 Å². The number of anilines is 1. The quantitative estimate of drug-likeness (QED) is 0.681. The van der Waals surface area contributed by atoms with Crippen molar-refractivity contribution >= 4 is 27.6 Å². The largest absolute Gasteiger partial charge is 0.497 e. The first-order chi connectivity index (χ1) is 14.4. The smallest absolute Gasteiger partial charge is 0.332 e. The Hall–Kier alpha value is -2.91. The zero-order chi connectivity index (χ0) is 21.3. The molecular weight excluding hydrogens is 406 g/mol. The highest BCUT2D eigenvalue weighted by Crippen LogP contribution is 2.29. The highest BCUT2D eigenvalue weighted by molar-refractivity contribution is 7.89. The van der Waals surface area contributed by atoms with Crippen LogP contribution >= 0.6 is 0 Å². The third-order valence-corrected chi connectivity index (χ3v) is 7.44. The minimum Gasteiger partial charge on any atom is -0.497 e. The molecule has 0 aliphatic carbocycles. The molecule has 0 atom stereocenters. The fourth-order valence-electron chi connectivity index (χ4n) is 3.94. The molecule has 158 valence electrons. The second-order valence-corrected chi connectivity index (χ2v) is 9.23. The lowest BCUT2D eigenvalue weighted by molar-refractivity contribution is -0.116. The number of hydrogen-bond acceptors (Lipinski definition) is 5. The maximum Gasteiger partial charge on any atom is 0.332 e. The average molecular weight is 429 g/mol. The van der Waals surface area contributed by atoms with E-state index >= 15 is 0 Å². The molecule has 2 fully saturated rings. The number of rotatable bonds is 5. The maximum atomic E-state index is 13.0. The van der Waals surface area contributed by atoms with Gasteiger partial charge >= 0.3 is 6.03 Å². The predicted octanol–water partition coefficient (Wildman–Crippen LogP) is 2.32. The van der Waals surface area contributed by atoms with Gasteiger partial charge in [-0.1, -0.05) is 24.3 Å². The molecule has 8 nitrogen and oxygen atoms in total. The maximum absolute atomic E-state index is 13.0. The summed E-state index contributed by atoms with van der Waals surface area (Å²) in [5.74, 6) is 0.214. The molecule has 0 unspecified atom stereocenters. The van der Waals surface area contributed by atoms with Crippen LogP contribution in [-0.2, 0) is 14.8 Å². The van der Waals surface area contributed by atoms with E-state index in [-0.39, 0.29) is 42.5 Å². The average Bonchev–Trinajstić information content (AvgIpc) is 3.08. The van der Waals surface area contributed by atoms with Crippen molar-refractivity contribution in [3.05, 3.63) is 54.6 Å². The molecule has 0 bridgehead atoms. The highest BCUT2D eigenvalue weighted by Gasteiger charge is 2.42. The molecule has 2 aromatic carbocycles. The summed E-state index contributed by atoms with van der Waals surface area (Å²) in [5.41, 5.74) is 0.549. The monoisotopic (exact) mass is 429 g/mol. The van der Waals surface area contributed by atoms with Gasteiger partial charge in [0.15, 0.2) is 0 Å². The number of amides is 3. The van der Waals surface area contributed by atoms with Gasteiger partial charge in [-0.3, -0.25) is 4.79 Å². The van der Waals surface area contributed by atoms with Gasteiger partial charge in [0, 0.05) is 25.2 Å². The van der Waals surface area contributed by atoms with Gasteiger partial charge in [0.1, 0.15) is 12.3 Å². The third kappa shape index (κ3) is 3.66. The van der Waals surface area contributed by atoms with Gasteiger partial charge in [-0.05, 0) is 37.1 Å². The summed E-state index contributed by atoms with van der Waals surface area (Å²) in [6.07, 6.45) is 0.954. The van der Waals surface area contributed by atoms with Crippen LogP contribution in [0.25, 0.3) is 0 Å². The van der Waals surface area contributed by atoms with Crippen molar-refractivity contribution in [2.45, 2.75) is 23.8 Å². The molecule has 2 heterocycles. The van der Waals surface area contributed by atoms with Crippen molar-refractivity contribution in [2.24, 2.45) is 0 Å². The minimum atomic E-state index is -3.65. The summed E-state index contributed by atoms with van der Waals surface area (Å²) in [4.78, 5) is 28.3. The Kier molecular flexibility index (Phi) is 5.48. The van der Waals surface area contributed by atoms with Crippen LogP contribution in [0, 0.1) is 0 Å². The van der Waals surface area contributed by atoms with Crippen LogP contribution in [0.1, 0.15) is 12.8 Å². The minimum absolute atomic E-state index is 0.0149. The van der Waals surface area contributed by atoms with E-state index in [1.165, 1.54) is 22.4 Å². The number of urea groups is 1. The molecule has 0 spiro atoms. The number of imide groups is 1. The molecule has 2 aliphatic heterocycles. The van der Waals surface area contributed by atoms with Crippen LogP contribution in [0.3, 0.4) is 0 Å². The number of piperidine rings is 1. The van der Waals surface area contributed by atoms with Gasteiger partial charge in [-0.15, -0.1) is 0 Å². The van der Waals surface area contributed by atoms with Crippen LogP contribution in [0.2, 0.25) is 0 Å². The molecule has 4 rings (SSSR count). The van der Waals surface area contributed by atoms with Crippen molar-refractivity contribution in [2.75, 3.05) is 31.6 Å². The molecule has 0 N–H and O–H groups in total. The van der Waals surface area contributed by atoms with Gasteiger partial charge < -0.3 is 9.64 Å². The first kappa shape index (κ1) is 20.4. The van der Waals surface area contributed by atoms with E-state index in [0.717, 1.165) is 0 Å². The Labute approximate surface area is 175 Å². The predicted molar refractivity (Wildman–Crippen MR) is 111 cm³/mol. The summed E-state index contributed by atoms with van der Waals surface area (Å²) in [5, 5.41) is 0. The molecular formula is C21H23N3O5S. The van der Waals surface area contributed by atoms with Crippen LogP contribution in [0.4, 0.5) is 10.5 Å². The van der Waals surface area contributed by atoms with E-state index in [2.05, 4.69) is 0 Å². The van der Waals surface area contributed by atoms with Crippen LogP contribution < -0.4 is 9.64 Å². The van der Waals surface area contributed by atoms with Crippen LogP contribution in [-0.4, -0.2) is 62.3 Å². The molecule has 30 heavy (non-hydrogen) atoms. The number of ether oxygens (including phenoxy) is 1. The SMILES string of the molecule is COc1cccc(S(=O)(=O)N2CCC(N3CC(=O)N(c4ccccc4)C3=O)CC2)c1. The number of nitrogens with zero attached hydrogens (tertiary/aromatic N) is 3. The van der Waals surface area contributed by atoms with Crippen molar-refractivity contribution in [3.8, 4) is 5.75 Å². The molecule has 0 aromatic heterocycles. The summed E-state index contributed by atoms with van der Waals surface area (Å²) < 4.78 is 32.5. The Morgan fingerprint density at radius 3 is 2.33 bits per heavy atom. The third-order valence-electron chi connectivity index (χ3n) is 5.55. The Morgan fingerprint density at radius 2 is 1.67 bits per heavy atom. The fraction of sp³-hybridized carbons (Fsp3) is 0.333. The Morgan fingerprint density at radius 1 is 0.967 bits per heavy atom. The summed E-state index contributed by atoms with van der Waals surface area (Å²) in [6.45, 7) is 0.585. The number of carbonyl (C=O) groups excluding carboxylic acids is 2. The van der Waals surface area contributed by atoms with Crippen LogP contribution in [0.5, 0.6) is 5.75 Å². The number of benzene rings is 2. The standard InChI is InChI=1S/C21H23N3O5S/c1-29-18-8-5-9-19(14-18)30(27,28)22-12-10-16(11-13-22)23-15-20(25)24(21(23)26)17-6-3-2-4-7-17/h2-9,14,16H,10-13,15H2,1H3. The summed E-state index contributed by atoms with van der Waals surface area (Å²) in [7, 11) is -2.16. The zero-order valence-corrected chi connectivity index (χ0v) is 17.4. The molecule has 0 radical (unpaired) electrons. The highest BCUT2D eigenvalue weighted by atomic mass is 32.2. The molecule has 3 amide bonds. The molecule has 2 saturated heterocycles. The lowest BCUT2D eigenvalue weighted by atomic mass is 10.1. The van der Waals surface area contributed by atoms with E-state index in [0.29, 0.717) is 24.3 Å². The lowest BCUT2D eigenvalue weighted by Crippen LogP contribution is -2.48. The molecule has 9 heteroatoms. The van der Waals surface area contributed by atoms with E-state index in [4.69, 9.17) is 4.74 Å². The number of methoxy groups -OCH3 is 1. The van der Waals surface area contributed by atoms with Gasteiger partial charge in [-0.2, -0.15) is 4.31 Å². The van der Waals surface area contributed by atoms with E-state index in [1.54, 1.807) is 47.4 Å². The molecule has 0 saturated carbocycles. The first-order valence-electron chi connectivity index (χ1n) is 9.74. The molecule has 2 aliphatic rings. The van der Waals surface area contributed by atoms with Gasteiger partial charge in [-0.25, -0.2) is 18.1 Å². The topological polar surface area (TPSA) is 87.2 Å². The van der Waals surface area contributed by atoms with Crippen molar-refractivity contribution in [1.29, 1.82) is 0 Å². The molecule has 2 aromatic rings. The summed E-state index contributed by atoms with van der Waals surface area (Å²) >= 11 is 0. The Balaban J connectivity index is 1.45. The van der Waals surface area contributed by atoms with E-state index in [1.807, 2.05) is 6.07 Å². The van der Waals surface area contributed by atoms with Crippen molar-refractivity contribution in [3.63, 3.8) is 0 Å². The first-order valence-corrected chi connectivity index (χ1v) is 11.2. The number of sulfonamides is 1. The lowest BCUT2D eigenvalue weighted by Gasteiger charge is -2.35. The normalized spacial score (nSPS) is 18.8. The van der Waals surface area contributed by atoms with E-state index in [9.17, 15) is 18.0 Å². The number of hydrogen-bond donors (Lipinski definition) is 0. The fourth-order valence-corrected chi connectivity index (χ4v) is 5.45. The summed E-state index contributed by atoms with van der Waals surface area (Å²) in [6, 6.07) is 14.7. The number of carbonyl (C=O) groups is 2. The second kappa shape index (κ2) is 8.08. The second-order valence-electron chi connectivity index (χ2n) is 7.29. The van der Waals surface area contributed by atoms with Crippen molar-refractivity contribution < 1.29 is 22.7 Å². The van der Waals surface area contributed by atoms with Gasteiger partial charge in [0.2, 0.25) is 10.0 Å². The van der Waals surface area contributed by atoms with Gasteiger partial charge in [0.05, 0.1) is 17.7 Å². The van der Waals surface area contributed by atoms with Gasteiger partial charge in [0.25, 0.3) is 5.91 Å². The number of para-hydroxylation sites is 1. The van der Waals surface area contributed by atoms with Crippen molar-refractivity contribution in [1.82, 2.24) is 9.21 Å². The van der Waals surface area contributed by atoms with E-state index < -0.39 is 10.0 Å². The zero-order valence-electron chi connectivity index (χ0n) is 16.6.